The summed E-state index contributed by atoms with van der Waals surface area (Å²) in [4.78, 5) is 10.1. The van der Waals surface area contributed by atoms with Crippen LogP contribution >= 0.6 is 0 Å². The highest BCUT2D eigenvalue weighted by molar-refractivity contribution is 5.97. The molecule has 8 aromatic rings. The third-order valence-electron chi connectivity index (χ3n) is 11.6. The fraction of sp³-hybridized carbons (Fsp3) is 0.263. The Hall–Kier alpha value is -6.26. The van der Waals surface area contributed by atoms with Gasteiger partial charge in [0.2, 0.25) is 0 Å². The maximum atomic E-state index is 11.8. The molecule has 0 spiro atoms. The Morgan fingerprint density at radius 3 is 1.89 bits per heavy atom. The van der Waals surface area contributed by atoms with Crippen molar-refractivity contribution in [1.29, 1.82) is 0 Å². The second-order valence-corrected chi connectivity index (χ2v) is 19.4. The van der Waals surface area contributed by atoms with Crippen molar-refractivity contribution in [3.63, 3.8) is 0 Å². The van der Waals surface area contributed by atoms with Crippen LogP contribution in [-0.2, 0) is 16.2 Å². The number of imidazole rings is 1. The molecule has 0 saturated heterocycles. The number of aromatic nitrogens is 3. The Kier molecular flexibility index (Phi) is 8.17. The highest BCUT2D eigenvalue weighted by Crippen LogP contribution is 2.42. The molecule has 0 aliphatic rings. The molecular weight excluding hydrogens is 743 g/mol. The zero-order valence-corrected chi connectivity index (χ0v) is 37.1. The third kappa shape index (κ3) is 8.16. The summed E-state index contributed by atoms with van der Waals surface area (Å²) in [5, 5.41) is 11.8. The summed E-state index contributed by atoms with van der Waals surface area (Å²) in [6.45, 7) is 20.7. The van der Waals surface area contributed by atoms with Crippen molar-refractivity contribution in [3.8, 4) is 67.5 Å². The van der Waals surface area contributed by atoms with Gasteiger partial charge in [-0.3, -0.25) is 9.55 Å². The van der Waals surface area contributed by atoms with Crippen LogP contribution < -0.4 is 0 Å². The van der Waals surface area contributed by atoms with E-state index in [2.05, 4.69) is 92.6 Å². The lowest BCUT2D eigenvalue weighted by Crippen LogP contribution is -2.16. The van der Waals surface area contributed by atoms with E-state index in [1.807, 2.05) is 66.9 Å². The van der Waals surface area contributed by atoms with E-state index < -0.39 is 25.0 Å². The maximum Gasteiger partial charge on any atom is 0.149 e. The topological polar surface area (TPSA) is 50.9 Å². The van der Waals surface area contributed by atoms with Gasteiger partial charge in [0, 0.05) is 21.4 Å². The number of phenolic OH excluding ortho intramolecular Hbond substituents is 1. The van der Waals surface area contributed by atoms with Crippen LogP contribution in [0.2, 0.25) is 0 Å². The quantitative estimate of drug-likeness (QED) is 0.182. The molecule has 0 radical (unpaired) electrons. The molecular formula is C57H59N3O. The average molecular weight is 810 g/mol. The largest absolute Gasteiger partial charge is 0.507 e. The number of aryl methyl sites for hydroxylation is 3. The summed E-state index contributed by atoms with van der Waals surface area (Å²) >= 11 is 0. The zero-order chi connectivity index (χ0) is 50.4. The first-order valence-corrected chi connectivity index (χ1v) is 20.9. The van der Waals surface area contributed by atoms with Crippen LogP contribution in [0, 0.1) is 20.7 Å². The molecule has 0 aliphatic heterocycles. The minimum atomic E-state index is -2.55. The Bertz CT molecular complexity index is 3300. The molecule has 0 amide bonds. The molecule has 0 unspecified atom stereocenters. The molecule has 0 fully saturated rings. The van der Waals surface area contributed by atoms with E-state index >= 15 is 0 Å². The second kappa shape index (κ2) is 15.3. The summed E-state index contributed by atoms with van der Waals surface area (Å²) in [5.41, 5.74) is 11.5. The molecule has 61 heavy (non-hydrogen) atoms. The smallest absolute Gasteiger partial charge is 0.149 e. The molecule has 308 valence electrons. The fourth-order valence-electron chi connectivity index (χ4n) is 7.96. The Morgan fingerprint density at radius 1 is 0.574 bits per heavy atom. The first-order valence-electron chi connectivity index (χ1n) is 24.9. The van der Waals surface area contributed by atoms with Crippen LogP contribution in [0.4, 0.5) is 0 Å². The molecule has 6 aromatic carbocycles. The van der Waals surface area contributed by atoms with E-state index in [1.165, 1.54) is 0 Å². The van der Waals surface area contributed by atoms with Gasteiger partial charge < -0.3 is 5.11 Å². The van der Waals surface area contributed by atoms with Gasteiger partial charge in [-0.05, 0) is 147 Å². The third-order valence-corrected chi connectivity index (χ3v) is 11.6. The number of nitrogens with zero attached hydrogens (tertiary/aromatic N) is 3. The van der Waals surface area contributed by atoms with E-state index in [1.54, 1.807) is 24.4 Å². The lowest BCUT2D eigenvalue weighted by atomic mass is 9.79. The van der Waals surface area contributed by atoms with Gasteiger partial charge in [-0.2, -0.15) is 0 Å². The summed E-state index contributed by atoms with van der Waals surface area (Å²) < 4.78 is 71.1. The van der Waals surface area contributed by atoms with Crippen molar-refractivity contribution in [3.05, 3.63) is 167 Å². The van der Waals surface area contributed by atoms with Crippen LogP contribution in [0.25, 0.3) is 72.7 Å². The summed E-state index contributed by atoms with van der Waals surface area (Å²) in [5.74, 6) is 0.423. The molecule has 0 bridgehead atoms. The lowest BCUT2D eigenvalue weighted by Gasteiger charge is -2.26. The summed E-state index contributed by atoms with van der Waals surface area (Å²) in [6.07, 6.45) is 1.58. The number of para-hydroxylation sites is 1. The Balaban J connectivity index is 1.40. The molecule has 0 atom stereocenters. The standard InChI is InChI=1S/C57H59N3O/c1-35-25-37(3)53(61)48(26-35)54-59-52-47(42-28-43(32-44(31-42)55(4,5)6)49-33-40(23-24-58-49)38-17-14-13-15-18-38)19-16-20-51(52)60(54)50-22-21-39(27-36(50)2)41-29-45(56(7,8)9)34-46(30-41)57(10,11)12/h13-34,61H,1-12H3/i2D3,13D,14D,15D,17D,18D. The van der Waals surface area contributed by atoms with Gasteiger partial charge in [0.25, 0.3) is 0 Å². The lowest BCUT2D eigenvalue weighted by molar-refractivity contribution is 0.472. The predicted octanol–water partition coefficient (Wildman–Crippen LogP) is 15.3. The van der Waals surface area contributed by atoms with Gasteiger partial charge in [-0.25, -0.2) is 4.98 Å². The Morgan fingerprint density at radius 2 is 1.21 bits per heavy atom. The fourth-order valence-corrected chi connectivity index (χ4v) is 7.96. The molecule has 2 aromatic heterocycles. The van der Waals surface area contributed by atoms with Crippen LogP contribution in [-0.4, -0.2) is 19.6 Å². The predicted molar refractivity (Wildman–Crippen MR) is 258 cm³/mol. The van der Waals surface area contributed by atoms with Gasteiger partial charge in [0.15, 0.2) is 0 Å². The molecule has 0 aliphatic carbocycles. The highest BCUT2D eigenvalue weighted by atomic mass is 16.3. The Labute approximate surface area is 374 Å². The van der Waals surface area contributed by atoms with Crippen LogP contribution in [0.3, 0.4) is 0 Å². The van der Waals surface area contributed by atoms with Crippen LogP contribution in [0.1, 0.15) is 107 Å². The van der Waals surface area contributed by atoms with Crippen molar-refractivity contribution < 1.29 is 16.1 Å². The number of phenols is 1. The summed E-state index contributed by atoms with van der Waals surface area (Å²) in [7, 11) is 0. The van der Waals surface area contributed by atoms with Gasteiger partial charge in [-0.15, -0.1) is 0 Å². The van der Waals surface area contributed by atoms with Gasteiger partial charge in [0.05, 0.1) is 34.8 Å². The normalized spacial score (nSPS) is 14.4. The number of hydrogen-bond acceptors (Lipinski definition) is 3. The van der Waals surface area contributed by atoms with E-state index in [-0.39, 0.29) is 45.2 Å². The molecule has 4 nitrogen and oxygen atoms in total. The highest BCUT2D eigenvalue weighted by Gasteiger charge is 2.25. The second-order valence-electron chi connectivity index (χ2n) is 19.4. The van der Waals surface area contributed by atoms with Gasteiger partial charge in [0.1, 0.15) is 11.6 Å². The number of pyridine rings is 1. The van der Waals surface area contributed by atoms with Gasteiger partial charge in [-0.1, -0.05) is 141 Å². The average Bonchev–Trinajstić information content (AvgIpc) is 3.67. The van der Waals surface area contributed by atoms with E-state index in [0.717, 1.165) is 50.1 Å². The van der Waals surface area contributed by atoms with E-state index in [9.17, 15) is 5.11 Å². The van der Waals surface area contributed by atoms with Crippen molar-refractivity contribution in [2.24, 2.45) is 0 Å². The minimum absolute atomic E-state index is 0.0431. The molecule has 2 heterocycles. The van der Waals surface area contributed by atoms with Crippen LogP contribution in [0.5, 0.6) is 5.75 Å². The first kappa shape index (κ1) is 32.5. The van der Waals surface area contributed by atoms with Crippen molar-refractivity contribution in [1.82, 2.24) is 14.5 Å². The first-order chi connectivity index (χ1) is 32.0. The molecule has 4 heteroatoms. The number of hydrogen-bond donors (Lipinski definition) is 1. The number of rotatable bonds is 6. The number of fused-ring (bicyclic) bond motifs is 1. The minimum Gasteiger partial charge on any atom is -0.507 e. The van der Waals surface area contributed by atoms with Gasteiger partial charge >= 0.3 is 0 Å². The number of benzene rings is 6. The molecule has 0 saturated carbocycles. The molecule has 1 N–H and O–H groups in total. The zero-order valence-electron chi connectivity index (χ0n) is 45.1. The maximum absolute atomic E-state index is 11.8. The van der Waals surface area contributed by atoms with Crippen molar-refractivity contribution in [2.75, 3.05) is 0 Å². The van der Waals surface area contributed by atoms with E-state index in [0.29, 0.717) is 44.9 Å². The van der Waals surface area contributed by atoms with E-state index in [4.69, 9.17) is 20.9 Å². The monoisotopic (exact) mass is 810 g/mol. The van der Waals surface area contributed by atoms with Crippen LogP contribution in [0.15, 0.2) is 133 Å². The summed E-state index contributed by atoms with van der Waals surface area (Å²) in [6, 6.07) is 29.5. The van der Waals surface area contributed by atoms with Crippen molar-refractivity contribution >= 4 is 11.0 Å². The number of aromatic hydroxyl groups is 1. The van der Waals surface area contributed by atoms with Crippen molar-refractivity contribution in [2.45, 2.75) is 99.3 Å². The SMILES string of the molecule is [2H]c1c([2H])c([2H])c(-c2ccnc(-c3cc(-c4cccc5c4nc(-c4cc(C)cc(C)c4O)n5-c4ccc(-c5cc(C(C)(C)C)cc(C(C)(C)C)c5)cc4C([2H])([2H])[2H])cc(C(C)(C)C)c3)c2)c([2H])c1[2H]. The molecule has 8 rings (SSSR count).